The van der Waals surface area contributed by atoms with Crippen molar-refractivity contribution in [2.75, 3.05) is 0 Å². The van der Waals surface area contributed by atoms with Crippen LogP contribution in [-0.4, -0.2) is 31.7 Å². The molecule has 0 unspecified atom stereocenters. The first kappa shape index (κ1) is 27.7. The molecule has 3 heterocycles. The highest BCUT2D eigenvalue weighted by molar-refractivity contribution is 6.03. The number of nitrogens with one attached hydrogen (secondary N) is 2. The summed E-state index contributed by atoms with van der Waals surface area (Å²) in [6.45, 7) is 4.97. The number of hydrogen-bond acceptors (Lipinski definition) is 4. The van der Waals surface area contributed by atoms with Gasteiger partial charge in [0.25, 0.3) is 17.0 Å². The third kappa shape index (κ3) is 5.06. The van der Waals surface area contributed by atoms with Crippen molar-refractivity contribution in [3.05, 3.63) is 80.0 Å². The van der Waals surface area contributed by atoms with Crippen molar-refractivity contribution in [3.8, 4) is 22.6 Å². The second-order valence-corrected chi connectivity index (χ2v) is 9.98. The Morgan fingerprint density at radius 2 is 1.56 bits per heavy atom. The van der Waals surface area contributed by atoms with Crippen molar-refractivity contribution >= 4 is 16.8 Å². The van der Waals surface area contributed by atoms with Gasteiger partial charge in [0.15, 0.2) is 5.75 Å². The first-order chi connectivity index (χ1) is 18.0. The summed E-state index contributed by atoms with van der Waals surface area (Å²) in [6, 6.07) is 5.13. The predicted octanol–water partition coefficient (Wildman–Crippen LogP) is 4.85. The number of fused-ring (bicyclic) bond motifs is 1. The smallest absolute Gasteiger partial charge is 0.410 e. The molecule has 0 aliphatic carbocycles. The molecule has 0 aliphatic heterocycles. The molecule has 0 aliphatic rings. The van der Waals surface area contributed by atoms with Crippen LogP contribution in [0.25, 0.3) is 22.0 Å². The molecule has 4 aromatic rings. The average molecular weight is 547 g/mol. The maximum atomic E-state index is 13.9. The van der Waals surface area contributed by atoms with E-state index in [2.05, 4.69) is 4.98 Å². The number of H-pyrrole nitrogens is 1. The van der Waals surface area contributed by atoms with Gasteiger partial charge >= 0.3 is 6.18 Å². The first-order valence-corrected chi connectivity index (χ1v) is 11.8. The van der Waals surface area contributed by atoms with E-state index in [9.17, 15) is 31.9 Å². The van der Waals surface area contributed by atoms with Gasteiger partial charge in [0, 0.05) is 42.9 Å². The van der Waals surface area contributed by atoms with Gasteiger partial charge in [0.05, 0.1) is 6.20 Å². The third-order valence-electron chi connectivity index (χ3n) is 6.46. The van der Waals surface area contributed by atoms with Crippen LogP contribution >= 0.6 is 0 Å². The molecule has 0 spiro atoms. The SMILES string of the molecule is Cc1cc(F)cc(C)c1Oc1cn(C)c(=O)cc1-c1cn(C)c(=O)c2[nH]c(C(=O)NC(C)(C)C(F)(F)F)cc12. The number of benzene rings is 1. The van der Waals surface area contributed by atoms with E-state index < -0.39 is 34.6 Å². The van der Waals surface area contributed by atoms with Gasteiger partial charge in [-0.1, -0.05) is 0 Å². The summed E-state index contributed by atoms with van der Waals surface area (Å²) >= 11 is 0. The molecule has 1 amide bonds. The monoisotopic (exact) mass is 546 g/mol. The molecule has 0 fully saturated rings. The third-order valence-corrected chi connectivity index (χ3v) is 6.46. The minimum absolute atomic E-state index is 0.0502. The number of hydrogen-bond donors (Lipinski definition) is 2. The van der Waals surface area contributed by atoms with Crippen LogP contribution < -0.4 is 21.2 Å². The Labute approximate surface area is 219 Å². The average Bonchev–Trinajstić information content (AvgIpc) is 3.26. The van der Waals surface area contributed by atoms with E-state index in [0.29, 0.717) is 22.4 Å². The van der Waals surface area contributed by atoms with Crippen LogP contribution in [0.3, 0.4) is 0 Å². The highest BCUT2D eigenvalue weighted by Crippen LogP contribution is 2.38. The lowest BCUT2D eigenvalue weighted by Crippen LogP contribution is -2.54. The maximum absolute atomic E-state index is 13.9. The molecule has 4 rings (SSSR count). The van der Waals surface area contributed by atoms with E-state index >= 15 is 0 Å². The predicted molar refractivity (Wildman–Crippen MR) is 138 cm³/mol. The van der Waals surface area contributed by atoms with Crippen molar-refractivity contribution in [1.82, 2.24) is 19.4 Å². The number of alkyl halides is 3. The van der Waals surface area contributed by atoms with Gasteiger partial charge in [-0.3, -0.25) is 14.4 Å². The molecule has 0 bridgehead atoms. The number of rotatable bonds is 5. The van der Waals surface area contributed by atoms with Crippen molar-refractivity contribution in [2.45, 2.75) is 39.4 Å². The minimum Gasteiger partial charge on any atom is -0.455 e. The maximum Gasteiger partial charge on any atom is 0.410 e. The Bertz CT molecular complexity index is 1720. The van der Waals surface area contributed by atoms with E-state index in [1.165, 1.54) is 59.9 Å². The Hall–Kier alpha value is -4.35. The number of aromatic amines is 1. The molecule has 2 N–H and O–H groups in total. The van der Waals surface area contributed by atoms with Crippen LogP contribution in [0.5, 0.6) is 11.5 Å². The van der Waals surface area contributed by atoms with Crippen molar-refractivity contribution in [3.63, 3.8) is 0 Å². The molecule has 39 heavy (non-hydrogen) atoms. The molecule has 0 atom stereocenters. The summed E-state index contributed by atoms with van der Waals surface area (Å²) in [6.07, 6.45) is -1.85. The van der Waals surface area contributed by atoms with E-state index in [4.69, 9.17) is 4.74 Å². The van der Waals surface area contributed by atoms with E-state index in [-0.39, 0.29) is 27.9 Å². The van der Waals surface area contributed by atoms with Gasteiger partial charge in [-0.2, -0.15) is 13.2 Å². The summed E-state index contributed by atoms with van der Waals surface area (Å²) in [4.78, 5) is 41.0. The molecule has 0 saturated heterocycles. The lowest BCUT2D eigenvalue weighted by molar-refractivity contribution is -0.182. The van der Waals surface area contributed by atoms with Gasteiger partial charge in [-0.05, 0) is 57.0 Å². The standard InChI is InChI=1S/C27H26F4N4O4/c1-13-7-15(28)8-14(2)23(13)39-20-12-34(5)21(36)10-16(20)18-11-35(6)25(38)22-17(18)9-19(32-22)24(37)33-26(3,4)27(29,30)31/h7-12,32H,1-6H3,(H,33,37). The Kier molecular flexibility index (Phi) is 6.70. The molecular weight excluding hydrogens is 520 g/mol. The number of ether oxygens (including phenoxy) is 1. The highest BCUT2D eigenvalue weighted by Gasteiger charge is 2.48. The summed E-state index contributed by atoms with van der Waals surface area (Å²) in [5.41, 5.74) is -2.24. The van der Waals surface area contributed by atoms with E-state index in [1.54, 1.807) is 13.8 Å². The van der Waals surface area contributed by atoms with E-state index in [0.717, 1.165) is 13.8 Å². The van der Waals surface area contributed by atoms with Gasteiger partial charge in [-0.25, -0.2) is 4.39 Å². The Morgan fingerprint density at radius 1 is 0.949 bits per heavy atom. The molecule has 12 heteroatoms. The van der Waals surface area contributed by atoms with E-state index in [1.807, 2.05) is 5.32 Å². The number of nitrogens with zero attached hydrogens (tertiary/aromatic N) is 2. The number of aryl methyl sites for hydroxylation is 4. The van der Waals surface area contributed by atoms with Crippen LogP contribution in [0.2, 0.25) is 0 Å². The van der Waals surface area contributed by atoms with Gasteiger partial charge in [0.2, 0.25) is 0 Å². The fourth-order valence-corrected chi connectivity index (χ4v) is 4.16. The quantitative estimate of drug-likeness (QED) is 0.350. The molecular formula is C27H26F4N4O4. The van der Waals surface area contributed by atoms with Crippen LogP contribution in [0.15, 0.2) is 46.2 Å². The first-order valence-electron chi connectivity index (χ1n) is 11.8. The van der Waals surface area contributed by atoms with Crippen molar-refractivity contribution in [1.29, 1.82) is 0 Å². The number of carbonyl (C=O) groups is 1. The normalized spacial score (nSPS) is 12.2. The number of halogens is 4. The number of pyridine rings is 2. The van der Waals surface area contributed by atoms with Gasteiger partial charge in [-0.15, -0.1) is 0 Å². The number of aromatic nitrogens is 3. The topological polar surface area (TPSA) is 98.1 Å². The number of carbonyl (C=O) groups excluding carboxylic acids is 1. The number of amides is 1. The summed E-state index contributed by atoms with van der Waals surface area (Å²) in [5, 5.41) is 2.12. The molecule has 1 aromatic carbocycles. The largest absolute Gasteiger partial charge is 0.455 e. The lowest BCUT2D eigenvalue weighted by Gasteiger charge is -2.28. The fourth-order valence-electron chi connectivity index (χ4n) is 4.16. The fraction of sp³-hybridized carbons (Fsp3) is 0.296. The summed E-state index contributed by atoms with van der Waals surface area (Å²) in [7, 11) is 2.97. The minimum atomic E-state index is -4.72. The lowest BCUT2D eigenvalue weighted by atomic mass is 10.0. The highest BCUT2D eigenvalue weighted by atomic mass is 19.4. The zero-order valence-electron chi connectivity index (χ0n) is 22.0. The second kappa shape index (κ2) is 9.44. The van der Waals surface area contributed by atoms with Crippen molar-refractivity contribution < 1.29 is 27.1 Å². The zero-order valence-corrected chi connectivity index (χ0v) is 22.0. The Balaban J connectivity index is 1.92. The molecule has 206 valence electrons. The van der Waals surface area contributed by atoms with Gasteiger partial charge in [0.1, 0.15) is 28.3 Å². The van der Waals surface area contributed by atoms with Crippen molar-refractivity contribution in [2.24, 2.45) is 14.1 Å². The zero-order chi connectivity index (χ0) is 29.0. The van der Waals surface area contributed by atoms with Crippen LogP contribution in [0.4, 0.5) is 17.6 Å². The van der Waals surface area contributed by atoms with Gasteiger partial charge < -0.3 is 24.2 Å². The molecule has 0 radical (unpaired) electrons. The second-order valence-electron chi connectivity index (χ2n) is 9.98. The Morgan fingerprint density at radius 3 is 2.15 bits per heavy atom. The van der Waals surface area contributed by atoms with Crippen LogP contribution in [0, 0.1) is 19.7 Å². The molecule has 0 saturated carbocycles. The molecule has 3 aromatic heterocycles. The van der Waals surface area contributed by atoms with Crippen LogP contribution in [-0.2, 0) is 14.1 Å². The van der Waals surface area contributed by atoms with Crippen LogP contribution in [0.1, 0.15) is 35.5 Å². The summed E-state index contributed by atoms with van der Waals surface area (Å²) < 4.78 is 62.6. The summed E-state index contributed by atoms with van der Waals surface area (Å²) in [5.74, 6) is -0.953. The molecule has 8 nitrogen and oxygen atoms in total.